The number of nitrogens with one attached hydrogen (secondary N) is 1. The van der Waals surface area contributed by atoms with E-state index in [1.165, 1.54) is 17.7 Å². The molecule has 1 atom stereocenters. The molecule has 10 heteroatoms. The summed E-state index contributed by atoms with van der Waals surface area (Å²) in [5.41, 5.74) is 1.34. The molecule has 1 fully saturated rings. The van der Waals surface area contributed by atoms with Crippen LogP contribution in [0.1, 0.15) is 67.4 Å². The van der Waals surface area contributed by atoms with Crippen LogP contribution in [-0.2, 0) is 13.1 Å². The zero-order valence-electron chi connectivity index (χ0n) is 19.6. The number of tetrazole rings is 1. The monoisotopic (exact) mass is 492 g/mol. The van der Waals surface area contributed by atoms with Crippen LogP contribution in [0.5, 0.6) is 11.5 Å². The summed E-state index contributed by atoms with van der Waals surface area (Å²) in [6.07, 6.45) is 5.48. The molecule has 0 bridgehead atoms. The molecule has 182 valence electrons. The molecule has 1 N–H and O–H groups in total. The van der Waals surface area contributed by atoms with E-state index in [4.69, 9.17) is 9.47 Å². The molecule has 0 saturated heterocycles. The molecule has 6 rings (SSSR count). The van der Waals surface area contributed by atoms with E-state index in [1.807, 2.05) is 22.9 Å². The number of aromatic nitrogens is 5. The van der Waals surface area contributed by atoms with E-state index in [2.05, 4.69) is 49.8 Å². The fourth-order valence-corrected chi connectivity index (χ4v) is 6.02. The van der Waals surface area contributed by atoms with Gasteiger partial charge in [0.15, 0.2) is 17.3 Å². The Kier molecular flexibility index (Phi) is 5.99. The van der Waals surface area contributed by atoms with E-state index in [0.29, 0.717) is 36.2 Å². The van der Waals surface area contributed by atoms with Gasteiger partial charge < -0.3 is 14.5 Å². The number of nitrogens with zero attached hydrogens (tertiary/aromatic N) is 5. The zero-order valence-corrected chi connectivity index (χ0v) is 20.5. The highest BCUT2D eigenvalue weighted by atomic mass is 32.1. The highest BCUT2D eigenvalue weighted by Crippen LogP contribution is 2.36. The van der Waals surface area contributed by atoms with Crippen LogP contribution in [0.25, 0.3) is 10.9 Å². The van der Waals surface area contributed by atoms with Gasteiger partial charge in [0.25, 0.3) is 5.56 Å². The number of H-pyrrole nitrogens is 1. The molecule has 1 saturated carbocycles. The van der Waals surface area contributed by atoms with Crippen molar-refractivity contribution in [2.75, 3.05) is 6.79 Å². The van der Waals surface area contributed by atoms with Crippen molar-refractivity contribution in [2.24, 2.45) is 0 Å². The summed E-state index contributed by atoms with van der Waals surface area (Å²) in [5.74, 6) is 2.25. The molecule has 0 amide bonds. The lowest BCUT2D eigenvalue weighted by atomic mass is 10.1. The topological polar surface area (TPSA) is 98.2 Å². The molecule has 0 spiro atoms. The van der Waals surface area contributed by atoms with E-state index in [-0.39, 0.29) is 18.4 Å². The van der Waals surface area contributed by atoms with Crippen molar-refractivity contribution in [3.05, 3.63) is 62.3 Å². The molecule has 1 unspecified atom stereocenters. The van der Waals surface area contributed by atoms with Crippen molar-refractivity contribution in [1.29, 1.82) is 0 Å². The van der Waals surface area contributed by atoms with Gasteiger partial charge in [0.1, 0.15) is 0 Å². The predicted molar refractivity (Wildman–Crippen MR) is 133 cm³/mol. The van der Waals surface area contributed by atoms with Crippen LogP contribution in [-0.4, -0.2) is 36.9 Å². The molecule has 4 heterocycles. The highest BCUT2D eigenvalue weighted by Gasteiger charge is 2.30. The first kappa shape index (κ1) is 22.2. The Bertz CT molecular complexity index is 1380. The molecule has 1 aromatic carbocycles. The van der Waals surface area contributed by atoms with Crippen molar-refractivity contribution in [3.8, 4) is 11.5 Å². The summed E-state index contributed by atoms with van der Waals surface area (Å²) in [4.78, 5) is 19.8. The maximum atomic E-state index is 13.1. The normalized spacial score (nSPS) is 16.5. The predicted octanol–water partition coefficient (Wildman–Crippen LogP) is 4.57. The van der Waals surface area contributed by atoms with Crippen LogP contribution in [0.2, 0.25) is 0 Å². The van der Waals surface area contributed by atoms with Gasteiger partial charge in [-0.25, -0.2) is 4.68 Å². The van der Waals surface area contributed by atoms with Gasteiger partial charge in [-0.1, -0.05) is 25.8 Å². The lowest BCUT2D eigenvalue weighted by Gasteiger charge is -2.30. The number of rotatable bonds is 8. The Morgan fingerprint density at radius 1 is 1.20 bits per heavy atom. The fourth-order valence-electron chi connectivity index (χ4n) is 5.29. The van der Waals surface area contributed by atoms with Crippen molar-refractivity contribution >= 4 is 22.2 Å². The van der Waals surface area contributed by atoms with Crippen molar-refractivity contribution in [2.45, 2.75) is 64.2 Å². The van der Waals surface area contributed by atoms with Crippen molar-refractivity contribution in [1.82, 2.24) is 30.1 Å². The SMILES string of the molecule is CCC(c1nnnn1C1CCCC1)N(Cc1cccs1)Cc1cc2cc3c(cc2[nH]c1=O)OCO3. The molecule has 2 aliphatic rings. The van der Waals surface area contributed by atoms with Crippen molar-refractivity contribution in [3.63, 3.8) is 0 Å². The third-order valence-electron chi connectivity index (χ3n) is 7.04. The Morgan fingerprint density at radius 2 is 2.03 bits per heavy atom. The second kappa shape index (κ2) is 9.43. The van der Waals surface area contributed by atoms with Crippen LogP contribution < -0.4 is 15.0 Å². The lowest BCUT2D eigenvalue weighted by molar-refractivity contribution is 0.159. The molecular formula is C25H28N6O3S. The Labute approximate surface area is 206 Å². The van der Waals surface area contributed by atoms with E-state index >= 15 is 0 Å². The minimum Gasteiger partial charge on any atom is -0.454 e. The maximum absolute atomic E-state index is 13.1. The highest BCUT2D eigenvalue weighted by molar-refractivity contribution is 7.09. The summed E-state index contributed by atoms with van der Waals surface area (Å²) < 4.78 is 13.0. The quantitative estimate of drug-likeness (QED) is 0.385. The average Bonchev–Trinajstić information content (AvgIpc) is 3.66. The Hall–Kier alpha value is -3.24. The molecule has 35 heavy (non-hydrogen) atoms. The minimum absolute atomic E-state index is 0.0143. The van der Waals surface area contributed by atoms with Gasteiger partial charge in [-0.3, -0.25) is 9.69 Å². The summed E-state index contributed by atoms with van der Waals surface area (Å²) in [6.45, 7) is 3.55. The number of hydrogen-bond donors (Lipinski definition) is 1. The molecule has 0 radical (unpaired) electrons. The summed E-state index contributed by atoms with van der Waals surface area (Å²) >= 11 is 1.72. The van der Waals surface area contributed by atoms with E-state index < -0.39 is 0 Å². The zero-order chi connectivity index (χ0) is 23.8. The largest absolute Gasteiger partial charge is 0.454 e. The molecular weight excluding hydrogens is 464 g/mol. The van der Waals surface area contributed by atoms with Crippen LogP contribution in [0.4, 0.5) is 0 Å². The Balaban J connectivity index is 1.37. The molecule has 9 nitrogen and oxygen atoms in total. The summed E-state index contributed by atoms with van der Waals surface area (Å²) in [5, 5.41) is 15.9. The van der Waals surface area contributed by atoms with Crippen LogP contribution in [0, 0.1) is 0 Å². The van der Waals surface area contributed by atoms with Gasteiger partial charge in [0.2, 0.25) is 6.79 Å². The van der Waals surface area contributed by atoms with Crippen molar-refractivity contribution < 1.29 is 9.47 Å². The third kappa shape index (κ3) is 4.32. The number of benzene rings is 1. The first-order chi connectivity index (χ1) is 17.2. The number of ether oxygens (including phenoxy) is 2. The number of pyridine rings is 1. The second-order valence-electron chi connectivity index (χ2n) is 9.24. The Morgan fingerprint density at radius 3 is 2.80 bits per heavy atom. The summed E-state index contributed by atoms with van der Waals surface area (Å²) in [6, 6.07) is 10.3. The smallest absolute Gasteiger partial charge is 0.252 e. The van der Waals surface area contributed by atoms with Crippen LogP contribution >= 0.6 is 11.3 Å². The van der Waals surface area contributed by atoms with Gasteiger partial charge in [0.05, 0.1) is 17.6 Å². The van der Waals surface area contributed by atoms with Gasteiger partial charge in [-0.2, -0.15) is 0 Å². The second-order valence-corrected chi connectivity index (χ2v) is 10.3. The van der Waals surface area contributed by atoms with Gasteiger partial charge in [-0.15, -0.1) is 16.4 Å². The third-order valence-corrected chi connectivity index (χ3v) is 7.90. The van der Waals surface area contributed by atoms with Crippen LogP contribution in [0.15, 0.2) is 40.5 Å². The molecule has 4 aromatic rings. The lowest BCUT2D eigenvalue weighted by Crippen LogP contribution is -2.32. The molecule has 3 aromatic heterocycles. The average molecular weight is 493 g/mol. The first-order valence-electron chi connectivity index (χ1n) is 12.2. The van der Waals surface area contributed by atoms with E-state index in [1.54, 1.807) is 11.3 Å². The molecule has 1 aliphatic carbocycles. The van der Waals surface area contributed by atoms with Gasteiger partial charge >= 0.3 is 0 Å². The molecule has 1 aliphatic heterocycles. The minimum atomic E-state index is -0.0993. The number of fused-ring (bicyclic) bond motifs is 2. The first-order valence-corrected chi connectivity index (χ1v) is 13.1. The fraction of sp³-hybridized carbons (Fsp3) is 0.440. The van der Waals surface area contributed by atoms with Gasteiger partial charge in [-0.05, 0) is 53.3 Å². The number of aromatic amines is 1. The standard InChI is InChI=1S/C25H28N6O3S/c1-2-21(24-27-28-29-31(24)18-6-3-4-7-18)30(14-19-8-5-9-35-19)13-17-10-16-11-22-23(34-15-33-22)12-20(16)26-25(17)32/h5,8-12,18,21H,2-4,6-7,13-15H2,1H3,(H,26,32). The summed E-state index contributed by atoms with van der Waals surface area (Å²) in [7, 11) is 0. The number of thiophene rings is 1. The van der Waals surface area contributed by atoms with Gasteiger partial charge in [0, 0.05) is 35.0 Å². The van der Waals surface area contributed by atoms with Crippen LogP contribution in [0.3, 0.4) is 0 Å². The maximum Gasteiger partial charge on any atom is 0.252 e. The van der Waals surface area contributed by atoms with E-state index in [9.17, 15) is 4.79 Å². The van der Waals surface area contributed by atoms with E-state index in [0.717, 1.165) is 36.0 Å². The number of hydrogen-bond acceptors (Lipinski definition) is 8.